The molecular weight excluding hydrogens is 262 g/mol. The highest BCUT2D eigenvalue weighted by Crippen LogP contribution is 2.32. The average molecular weight is 274 g/mol. The number of para-hydroxylation sites is 1. The highest BCUT2D eigenvalue weighted by atomic mass is 35.5. The van der Waals surface area contributed by atoms with Crippen LogP contribution in [0.4, 0.5) is 0 Å². The van der Waals surface area contributed by atoms with Crippen LogP contribution in [-0.4, -0.2) is 10.1 Å². The molecule has 0 aliphatic carbocycles. The summed E-state index contributed by atoms with van der Waals surface area (Å²) in [7, 11) is 0. The van der Waals surface area contributed by atoms with Gasteiger partial charge in [-0.2, -0.15) is 0 Å². The molecule has 0 amide bonds. The van der Waals surface area contributed by atoms with Crippen LogP contribution in [0.1, 0.15) is 23.0 Å². The van der Waals surface area contributed by atoms with E-state index >= 15 is 0 Å². The van der Waals surface area contributed by atoms with Gasteiger partial charge in [-0.25, -0.2) is 0 Å². The Kier molecular flexibility index (Phi) is 3.01. The van der Waals surface area contributed by atoms with Crippen molar-refractivity contribution >= 4 is 22.6 Å². The molecule has 3 nitrogen and oxygen atoms in total. The van der Waals surface area contributed by atoms with Crippen LogP contribution in [0.3, 0.4) is 0 Å². The number of aliphatic hydroxyl groups is 1. The van der Waals surface area contributed by atoms with E-state index < -0.39 is 6.10 Å². The zero-order valence-corrected chi connectivity index (χ0v) is 11.1. The molecule has 1 atom stereocenters. The summed E-state index contributed by atoms with van der Waals surface area (Å²) in [4.78, 5) is 4.02. The predicted molar refractivity (Wildman–Crippen MR) is 74.3 cm³/mol. The quantitative estimate of drug-likeness (QED) is 0.771. The summed E-state index contributed by atoms with van der Waals surface area (Å²) in [6, 6.07) is 9.12. The van der Waals surface area contributed by atoms with E-state index in [-0.39, 0.29) is 0 Å². The monoisotopic (exact) mass is 273 g/mol. The van der Waals surface area contributed by atoms with Crippen molar-refractivity contribution < 1.29 is 9.52 Å². The Labute approximate surface area is 115 Å². The Hall–Kier alpha value is -1.84. The predicted octanol–water partition coefficient (Wildman–Crippen LogP) is 3.87. The Morgan fingerprint density at radius 3 is 2.89 bits per heavy atom. The van der Waals surface area contributed by atoms with Crippen molar-refractivity contribution in [2.75, 3.05) is 0 Å². The lowest BCUT2D eigenvalue weighted by Crippen LogP contribution is -2.00. The largest absolute Gasteiger partial charge is 0.456 e. The molecule has 0 aliphatic heterocycles. The summed E-state index contributed by atoms with van der Waals surface area (Å²) in [5.74, 6) is 0.484. The number of aromatic nitrogens is 1. The van der Waals surface area contributed by atoms with Gasteiger partial charge in [0.05, 0.1) is 5.02 Å². The minimum Gasteiger partial charge on any atom is -0.456 e. The minimum absolute atomic E-state index is 0.484. The van der Waals surface area contributed by atoms with Crippen LogP contribution in [0.15, 0.2) is 47.1 Å². The number of hydrogen-bond donors (Lipinski definition) is 1. The molecule has 2 aromatic heterocycles. The molecule has 0 saturated carbocycles. The zero-order chi connectivity index (χ0) is 13.4. The SMILES string of the molecule is Cc1cnccc1C(O)c1cc2cccc(Cl)c2o1. The van der Waals surface area contributed by atoms with E-state index in [0.717, 1.165) is 16.5 Å². The Balaban J connectivity index is 2.10. The van der Waals surface area contributed by atoms with Gasteiger partial charge in [0.1, 0.15) is 11.9 Å². The average Bonchev–Trinajstić information content (AvgIpc) is 2.84. The molecule has 0 fully saturated rings. The molecule has 0 aliphatic rings. The molecule has 0 bridgehead atoms. The van der Waals surface area contributed by atoms with Gasteiger partial charge >= 0.3 is 0 Å². The molecule has 3 rings (SSSR count). The van der Waals surface area contributed by atoms with E-state index in [9.17, 15) is 5.11 Å². The number of aliphatic hydroxyl groups excluding tert-OH is 1. The van der Waals surface area contributed by atoms with Crippen LogP contribution in [0, 0.1) is 6.92 Å². The first-order valence-corrected chi connectivity index (χ1v) is 6.31. The van der Waals surface area contributed by atoms with Gasteiger partial charge in [-0.15, -0.1) is 0 Å². The number of aryl methyl sites for hydroxylation is 1. The number of halogens is 1. The number of furan rings is 1. The van der Waals surface area contributed by atoms with Crippen molar-refractivity contribution in [1.82, 2.24) is 4.98 Å². The third kappa shape index (κ3) is 2.11. The maximum absolute atomic E-state index is 10.4. The molecule has 0 saturated heterocycles. The summed E-state index contributed by atoms with van der Waals surface area (Å²) < 4.78 is 5.67. The highest BCUT2D eigenvalue weighted by molar-refractivity contribution is 6.34. The fraction of sp³-hybridized carbons (Fsp3) is 0.133. The van der Waals surface area contributed by atoms with Gasteiger partial charge in [-0.1, -0.05) is 23.7 Å². The minimum atomic E-state index is -0.813. The fourth-order valence-corrected chi connectivity index (χ4v) is 2.35. The van der Waals surface area contributed by atoms with E-state index in [1.54, 1.807) is 24.5 Å². The maximum atomic E-state index is 10.4. The van der Waals surface area contributed by atoms with Gasteiger partial charge in [0.2, 0.25) is 0 Å². The second-order valence-corrected chi connectivity index (χ2v) is 4.85. The molecular formula is C15H12ClNO2. The molecule has 1 N–H and O–H groups in total. The molecule has 96 valence electrons. The van der Waals surface area contributed by atoms with Crippen molar-refractivity contribution in [3.05, 3.63) is 64.6 Å². The lowest BCUT2D eigenvalue weighted by Gasteiger charge is -2.10. The van der Waals surface area contributed by atoms with Gasteiger partial charge in [0.15, 0.2) is 5.58 Å². The maximum Gasteiger partial charge on any atom is 0.153 e. The summed E-state index contributed by atoms with van der Waals surface area (Å²) in [6.07, 6.45) is 2.56. The molecule has 1 aromatic carbocycles. The van der Waals surface area contributed by atoms with Crippen LogP contribution in [0.5, 0.6) is 0 Å². The lowest BCUT2D eigenvalue weighted by atomic mass is 10.0. The van der Waals surface area contributed by atoms with Gasteiger partial charge < -0.3 is 9.52 Å². The van der Waals surface area contributed by atoms with Gasteiger partial charge in [0, 0.05) is 17.8 Å². The van der Waals surface area contributed by atoms with Gasteiger partial charge in [-0.05, 0) is 36.2 Å². The third-order valence-corrected chi connectivity index (χ3v) is 3.44. The number of rotatable bonds is 2. The molecule has 4 heteroatoms. The first kappa shape index (κ1) is 12.2. The highest BCUT2D eigenvalue weighted by Gasteiger charge is 2.18. The topological polar surface area (TPSA) is 46.3 Å². The Bertz CT molecular complexity index is 736. The number of pyridine rings is 1. The van der Waals surface area contributed by atoms with Crippen LogP contribution < -0.4 is 0 Å². The Morgan fingerprint density at radius 1 is 1.32 bits per heavy atom. The van der Waals surface area contributed by atoms with Crippen molar-refractivity contribution in [3.8, 4) is 0 Å². The Morgan fingerprint density at radius 2 is 2.16 bits per heavy atom. The second-order valence-electron chi connectivity index (χ2n) is 4.44. The van der Waals surface area contributed by atoms with Crippen molar-refractivity contribution in [1.29, 1.82) is 0 Å². The summed E-state index contributed by atoms with van der Waals surface area (Å²) in [6.45, 7) is 1.90. The van der Waals surface area contributed by atoms with Gasteiger partial charge in [0.25, 0.3) is 0 Å². The first-order chi connectivity index (χ1) is 9.16. The molecule has 19 heavy (non-hydrogen) atoms. The number of benzene rings is 1. The van der Waals surface area contributed by atoms with E-state index in [1.165, 1.54) is 0 Å². The second kappa shape index (κ2) is 4.68. The number of hydrogen-bond acceptors (Lipinski definition) is 3. The zero-order valence-electron chi connectivity index (χ0n) is 10.3. The number of nitrogens with zero attached hydrogens (tertiary/aromatic N) is 1. The van der Waals surface area contributed by atoms with E-state index in [1.807, 2.05) is 25.1 Å². The van der Waals surface area contributed by atoms with Crippen LogP contribution in [0.25, 0.3) is 11.0 Å². The van der Waals surface area contributed by atoms with E-state index in [0.29, 0.717) is 16.4 Å². The molecule has 1 unspecified atom stereocenters. The van der Waals surface area contributed by atoms with Crippen molar-refractivity contribution in [3.63, 3.8) is 0 Å². The van der Waals surface area contributed by atoms with E-state index in [2.05, 4.69) is 4.98 Å². The third-order valence-electron chi connectivity index (χ3n) is 3.14. The van der Waals surface area contributed by atoms with E-state index in [4.69, 9.17) is 16.0 Å². The van der Waals surface area contributed by atoms with Crippen LogP contribution >= 0.6 is 11.6 Å². The normalized spacial score (nSPS) is 12.8. The lowest BCUT2D eigenvalue weighted by molar-refractivity contribution is 0.191. The molecule has 0 spiro atoms. The molecule has 0 radical (unpaired) electrons. The van der Waals surface area contributed by atoms with Crippen molar-refractivity contribution in [2.45, 2.75) is 13.0 Å². The summed E-state index contributed by atoms with van der Waals surface area (Å²) in [5, 5.41) is 11.8. The first-order valence-electron chi connectivity index (χ1n) is 5.93. The standard InChI is InChI=1S/C15H12ClNO2/c1-9-8-17-6-5-11(9)14(18)13-7-10-3-2-4-12(16)15(10)19-13/h2-8,14,18H,1H3. The smallest absolute Gasteiger partial charge is 0.153 e. The summed E-state index contributed by atoms with van der Waals surface area (Å²) in [5.41, 5.74) is 2.30. The van der Waals surface area contributed by atoms with Gasteiger partial charge in [-0.3, -0.25) is 4.98 Å². The number of fused-ring (bicyclic) bond motifs is 1. The van der Waals surface area contributed by atoms with Crippen molar-refractivity contribution in [2.24, 2.45) is 0 Å². The van der Waals surface area contributed by atoms with Crippen LogP contribution in [-0.2, 0) is 0 Å². The summed E-state index contributed by atoms with van der Waals surface area (Å²) >= 11 is 6.07. The molecule has 2 heterocycles. The van der Waals surface area contributed by atoms with Crippen LogP contribution in [0.2, 0.25) is 5.02 Å². The molecule has 3 aromatic rings. The fourth-order valence-electron chi connectivity index (χ4n) is 2.13.